The van der Waals surface area contributed by atoms with Gasteiger partial charge >= 0.3 is 12.0 Å². The maximum atomic E-state index is 14.7. The van der Waals surface area contributed by atoms with Crippen LogP contribution in [0.4, 0.5) is 20.6 Å². The number of halogens is 2. The number of nitrogens with zero attached hydrogens (tertiary/aromatic N) is 3. The van der Waals surface area contributed by atoms with Gasteiger partial charge in [0.1, 0.15) is 23.5 Å². The second-order valence-corrected chi connectivity index (χ2v) is 8.27. The van der Waals surface area contributed by atoms with Gasteiger partial charge in [-0.25, -0.2) is 18.9 Å². The Bertz CT molecular complexity index is 1170. The van der Waals surface area contributed by atoms with E-state index in [-0.39, 0.29) is 33.6 Å². The number of anilines is 2. The molecule has 31 heavy (non-hydrogen) atoms. The minimum Gasteiger partial charge on any atom is -0.459 e. The van der Waals surface area contributed by atoms with Crippen LogP contribution in [0, 0.1) is 17.1 Å². The molecule has 3 amide bonds. The second-order valence-electron chi connectivity index (χ2n) is 7.86. The number of carbonyl (C=O) groups is 3. The van der Waals surface area contributed by atoms with Crippen molar-refractivity contribution in [3.05, 3.63) is 58.4 Å². The number of nitriles is 1. The van der Waals surface area contributed by atoms with Crippen molar-refractivity contribution in [2.45, 2.75) is 38.3 Å². The molecule has 1 heterocycles. The van der Waals surface area contributed by atoms with Crippen molar-refractivity contribution in [2.24, 2.45) is 0 Å². The van der Waals surface area contributed by atoms with Crippen molar-refractivity contribution in [3.63, 3.8) is 0 Å². The molecule has 1 saturated carbocycles. The second kappa shape index (κ2) is 7.36. The molecule has 4 rings (SSSR count). The van der Waals surface area contributed by atoms with E-state index in [2.05, 4.69) is 0 Å². The lowest BCUT2D eigenvalue weighted by Gasteiger charge is -2.27. The van der Waals surface area contributed by atoms with Gasteiger partial charge in [-0.1, -0.05) is 11.6 Å². The predicted molar refractivity (Wildman–Crippen MR) is 110 cm³/mol. The predicted octanol–water partition coefficient (Wildman–Crippen LogP) is 4.42. The monoisotopic (exact) mass is 441 g/mol. The zero-order valence-corrected chi connectivity index (χ0v) is 17.4. The first-order valence-corrected chi connectivity index (χ1v) is 9.92. The van der Waals surface area contributed by atoms with Crippen LogP contribution in [0.1, 0.15) is 42.6 Å². The number of rotatable bonds is 4. The van der Waals surface area contributed by atoms with Crippen molar-refractivity contribution in [2.75, 3.05) is 9.80 Å². The highest BCUT2D eigenvalue weighted by Crippen LogP contribution is 2.37. The molecular formula is C22H17ClFN3O4. The molecule has 0 unspecified atom stereocenters. The van der Waals surface area contributed by atoms with E-state index in [1.807, 2.05) is 6.07 Å². The zero-order valence-electron chi connectivity index (χ0n) is 16.7. The molecule has 1 aliphatic heterocycles. The molecular weight excluding hydrogens is 425 g/mol. The highest BCUT2D eigenvalue weighted by molar-refractivity contribution is 6.33. The van der Waals surface area contributed by atoms with Crippen LogP contribution in [0.5, 0.6) is 0 Å². The number of imide groups is 1. The van der Waals surface area contributed by atoms with Gasteiger partial charge in [0.25, 0.3) is 5.91 Å². The zero-order chi connectivity index (χ0) is 22.5. The highest BCUT2D eigenvalue weighted by Gasteiger charge is 2.52. The van der Waals surface area contributed by atoms with Crippen LogP contribution in [0.2, 0.25) is 5.02 Å². The van der Waals surface area contributed by atoms with Gasteiger partial charge in [-0.3, -0.25) is 9.69 Å². The number of ether oxygens (including phenoxy) is 1. The first-order valence-electron chi connectivity index (χ1n) is 9.54. The number of hydrogen-bond donors (Lipinski definition) is 0. The standard InChI is InChI=1S/C22H17ClFN3O4/c1-22(2)20(29)26(13-4-3-12(11-25)17(23)9-13)21(30)27(22)14-5-8-16(18(24)10-14)19(28)31-15-6-7-15/h3-5,8-10,15H,6-7H2,1-2H3. The minimum absolute atomic E-state index is 0.0985. The van der Waals surface area contributed by atoms with Crippen molar-refractivity contribution in [1.29, 1.82) is 5.26 Å². The van der Waals surface area contributed by atoms with E-state index < -0.39 is 29.3 Å². The molecule has 0 N–H and O–H groups in total. The lowest BCUT2D eigenvalue weighted by Crippen LogP contribution is -2.44. The van der Waals surface area contributed by atoms with Crippen molar-refractivity contribution in [1.82, 2.24) is 0 Å². The summed E-state index contributed by atoms with van der Waals surface area (Å²) < 4.78 is 19.8. The quantitative estimate of drug-likeness (QED) is 0.517. The molecule has 2 aliphatic rings. The molecule has 0 spiro atoms. The molecule has 1 saturated heterocycles. The van der Waals surface area contributed by atoms with E-state index in [1.54, 1.807) is 0 Å². The summed E-state index contributed by atoms with van der Waals surface area (Å²) in [7, 11) is 0. The van der Waals surface area contributed by atoms with Crippen LogP contribution >= 0.6 is 11.6 Å². The van der Waals surface area contributed by atoms with Crippen LogP contribution in [0.15, 0.2) is 36.4 Å². The van der Waals surface area contributed by atoms with E-state index >= 15 is 0 Å². The molecule has 0 atom stereocenters. The van der Waals surface area contributed by atoms with Crippen LogP contribution in [0.25, 0.3) is 0 Å². The largest absolute Gasteiger partial charge is 0.459 e. The molecule has 2 aromatic carbocycles. The number of hydrogen-bond acceptors (Lipinski definition) is 5. The van der Waals surface area contributed by atoms with Gasteiger partial charge < -0.3 is 4.74 Å². The maximum absolute atomic E-state index is 14.7. The number of amides is 3. The summed E-state index contributed by atoms with van der Waals surface area (Å²) in [6.45, 7) is 3.07. The number of urea groups is 1. The van der Waals surface area contributed by atoms with Crippen LogP contribution < -0.4 is 9.80 Å². The molecule has 158 valence electrons. The molecule has 0 radical (unpaired) electrons. The molecule has 0 aromatic heterocycles. The normalized spacial score (nSPS) is 17.6. The maximum Gasteiger partial charge on any atom is 0.341 e. The van der Waals surface area contributed by atoms with Crippen LogP contribution in [-0.4, -0.2) is 29.6 Å². The molecule has 7 nitrogen and oxygen atoms in total. The summed E-state index contributed by atoms with van der Waals surface area (Å²) in [5, 5.41) is 9.13. The van der Waals surface area contributed by atoms with Gasteiger partial charge in [0.15, 0.2) is 0 Å². The average molecular weight is 442 g/mol. The summed E-state index contributed by atoms with van der Waals surface area (Å²) >= 11 is 6.06. The fourth-order valence-corrected chi connectivity index (χ4v) is 3.62. The van der Waals surface area contributed by atoms with Gasteiger partial charge in [-0.2, -0.15) is 5.26 Å². The number of benzene rings is 2. The van der Waals surface area contributed by atoms with E-state index in [4.69, 9.17) is 21.6 Å². The van der Waals surface area contributed by atoms with Crippen LogP contribution in [-0.2, 0) is 9.53 Å². The SMILES string of the molecule is CC1(C)C(=O)N(c2ccc(C#N)c(Cl)c2)C(=O)N1c1ccc(C(=O)OC2CC2)c(F)c1. The fraction of sp³-hybridized carbons (Fsp3) is 0.273. The van der Waals surface area contributed by atoms with Gasteiger partial charge in [-0.15, -0.1) is 0 Å². The Kier molecular flexibility index (Phi) is 4.94. The molecule has 1 aliphatic carbocycles. The average Bonchev–Trinajstić information content (AvgIpc) is 3.49. The minimum atomic E-state index is -1.33. The lowest BCUT2D eigenvalue weighted by molar-refractivity contribution is -0.120. The third-order valence-corrected chi connectivity index (χ3v) is 5.54. The Balaban J connectivity index is 1.68. The van der Waals surface area contributed by atoms with E-state index in [0.717, 1.165) is 28.7 Å². The summed E-state index contributed by atoms with van der Waals surface area (Å²) in [5.74, 6) is -2.15. The van der Waals surface area contributed by atoms with E-state index in [1.165, 1.54) is 44.2 Å². The molecule has 0 bridgehead atoms. The van der Waals surface area contributed by atoms with Crippen molar-refractivity contribution >= 4 is 40.9 Å². The summed E-state index contributed by atoms with van der Waals surface area (Å²) in [6, 6.07) is 9.09. The third kappa shape index (κ3) is 3.51. The molecule has 2 fully saturated rings. The van der Waals surface area contributed by atoms with Gasteiger partial charge in [0, 0.05) is 5.69 Å². The Morgan fingerprint density at radius 2 is 1.87 bits per heavy atom. The van der Waals surface area contributed by atoms with Gasteiger partial charge in [0.05, 0.1) is 21.8 Å². The Morgan fingerprint density at radius 1 is 1.19 bits per heavy atom. The highest BCUT2D eigenvalue weighted by atomic mass is 35.5. The van der Waals surface area contributed by atoms with E-state index in [0.29, 0.717) is 0 Å². The molecule has 9 heteroatoms. The van der Waals surface area contributed by atoms with Gasteiger partial charge in [-0.05, 0) is 63.1 Å². The number of esters is 1. The summed E-state index contributed by atoms with van der Waals surface area (Å²) in [5.41, 5.74) is -1.05. The number of carbonyl (C=O) groups excluding carboxylic acids is 3. The summed E-state index contributed by atoms with van der Waals surface area (Å²) in [6.07, 6.45) is 1.36. The Hall–Kier alpha value is -3.44. The molecule has 2 aromatic rings. The van der Waals surface area contributed by atoms with Crippen molar-refractivity contribution < 1.29 is 23.5 Å². The van der Waals surface area contributed by atoms with E-state index in [9.17, 15) is 18.8 Å². The Morgan fingerprint density at radius 3 is 2.45 bits per heavy atom. The fourth-order valence-electron chi connectivity index (χ4n) is 3.40. The summed E-state index contributed by atoms with van der Waals surface area (Å²) in [4.78, 5) is 40.4. The first kappa shape index (κ1) is 20.8. The van der Waals surface area contributed by atoms with Gasteiger partial charge in [0.2, 0.25) is 0 Å². The lowest BCUT2D eigenvalue weighted by atomic mass is 10.0. The first-order chi connectivity index (χ1) is 14.6. The third-order valence-electron chi connectivity index (χ3n) is 5.23. The van der Waals surface area contributed by atoms with Crippen molar-refractivity contribution in [3.8, 4) is 6.07 Å². The van der Waals surface area contributed by atoms with Crippen LogP contribution in [0.3, 0.4) is 0 Å². The Labute approximate surface area is 182 Å². The smallest absolute Gasteiger partial charge is 0.341 e. The topological polar surface area (TPSA) is 90.7 Å².